The number of carbonyl (C=O) groups is 2. The lowest BCUT2D eigenvalue weighted by Crippen LogP contribution is -2.39. The highest BCUT2D eigenvalue weighted by atomic mass is 16.5. The van der Waals surface area contributed by atoms with Crippen LogP contribution in [0.15, 0.2) is 48.5 Å². The van der Waals surface area contributed by atoms with Crippen molar-refractivity contribution >= 4 is 11.6 Å². The average Bonchev–Trinajstić information content (AvgIpc) is 2.82. The van der Waals surface area contributed by atoms with Crippen LogP contribution in [0.4, 0.5) is 0 Å². The maximum atomic E-state index is 12.1. The molecule has 0 saturated carbocycles. The van der Waals surface area contributed by atoms with Gasteiger partial charge in [-0.05, 0) is 38.8 Å². The van der Waals surface area contributed by atoms with Crippen molar-refractivity contribution < 1.29 is 39.5 Å². The Kier molecular flexibility index (Phi) is 9.85. The van der Waals surface area contributed by atoms with Crippen LogP contribution in [0.5, 0.6) is 0 Å². The molecule has 0 saturated heterocycles. The standard InChI is InChI=1S/C27H36O8/c1-25(2,32)23(30)21-9-5-19(6-10-21)13-34-17-27(15-28,16-29)18-35-14-20-7-11-22(12-8-20)24(31)26(3,4)33/h5-12,28-29,32-33H,13-18H2,1-4H3. The minimum Gasteiger partial charge on any atom is -0.396 e. The van der Waals surface area contributed by atoms with E-state index in [0.29, 0.717) is 11.1 Å². The maximum absolute atomic E-state index is 12.1. The summed E-state index contributed by atoms with van der Waals surface area (Å²) in [6, 6.07) is 13.4. The molecule has 35 heavy (non-hydrogen) atoms. The number of hydrogen-bond donors (Lipinski definition) is 4. The monoisotopic (exact) mass is 488 g/mol. The van der Waals surface area contributed by atoms with Gasteiger partial charge < -0.3 is 29.9 Å². The number of hydrogen-bond acceptors (Lipinski definition) is 8. The van der Waals surface area contributed by atoms with Crippen molar-refractivity contribution in [2.24, 2.45) is 5.41 Å². The van der Waals surface area contributed by atoms with E-state index in [1.54, 1.807) is 48.5 Å². The number of carbonyl (C=O) groups excluding carboxylic acids is 2. The molecule has 2 aromatic rings. The molecule has 0 spiro atoms. The van der Waals surface area contributed by atoms with E-state index in [0.717, 1.165) is 11.1 Å². The van der Waals surface area contributed by atoms with Gasteiger partial charge in [0.25, 0.3) is 0 Å². The lowest BCUT2D eigenvalue weighted by molar-refractivity contribution is -0.0839. The molecule has 0 aliphatic heterocycles. The van der Waals surface area contributed by atoms with Gasteiger partial charge in [0.1, 0.15) is 11.2 Å². The zero-order valence-electron chi connectivity index (χ0n) is 20.8. The average molecular weight is 489 g/mol. The van der Waals surface area contributed by atoms with Crippen LogP contribution in [-0.2, 0) is 22.7 Å². The van der Waals surface area contributed by atoms with Gasteiger partial charge in [-0.25, -0.2) is 0 Å². The van der Waals surface area contributed by atoms with Crippen LogP contribution < -0.4 is 0 Å². The van der Waals surface area contributed by atoms with Gasteiger partial charge >= 0.3 is 0 Å². The number of aliphatic hydroxyl groups excluding tert-OH is 2. The summed E-state index contributed by atoms with van der Waals surface area (Å²) in [6.07, 6.45) is 0. The Balaban J connectivity index is 1.88. The van der Waals surface area contributed by atoms with Gasteiger partial charge in [0.05, 0.1) is 45.1 Å². The summed E-state index contributed by atoms with van der Waals surface area (Å²) >= 11 is 0. The van der Waals surface area contributed by atoms with Crippen LogP contribution >= 0.6 is 0 Å². The normalized spacial score (nSPS) is 12.6. The number of ketones is 2. The Labute approximate surface area is 206 Å². The SMILES string of the molecule is CC(C)(O)C(=O)c1ccc(COCC(CO)(CO)COCc2ccc(C(=O)C(C)(C)O)cc2)cc1. The van der Waals surface area contributed by atoms with E-state index in [2.05, 4.69) is 0 Å². The minimum atomic E-state index is -1.45. The van der Waals surface area contributed by atoms with Crippen molar-refractivity contribution in [3.8, 4) is 0 Å². The van der Waals surface area contributed by atoms with E-state index in [1.165, 1.54) is 27.7 Å². The van der Waals surface area contributed by atoms with Crippen LogP contribution in [0.1, 0.15) is 59.5 Å². The van der Waals surface area contributed by atoms with Crippen molar-refractivity contribution in [3.63, 3.8) is 0 Å². The third kappa shape index (κ3) is 8.31. The van der Waals surface area contributed by atoms with Crippen LogP contribution in [0.3, 0.4) is 0 Å². The fourth-order valence-corrected chi connectivity index (χ4v) is 3.26. The van der Waals surface area contributed by atoms with Crippen molar-refractivity contribution in [2.75, 3.05) is 26.4 Å². The first-order valence-corrected chi connectivity index (χ1v) is 11.4. The molecule has 0 atom stereocenters. The van der Waals surface area contributed by atoms with Crippen LogP contribution in [0.2, 0.25) is 0 Å². The van der Waals surface area contributed by atoms with Gasteiger partial charge in [-0.1, -0.05) is 48.5 Å². The molecule has 0 aliphatic rings. The minimum absolute atomic E-state index is 0.0450. The molecule has 0 bridgehead atoms. The Bertz CT molecular complexity index is 885. The third-order valence-electron chi connectivity index (χ3n) is 5.57. The van der Waals surface area contributed by atoms with Crippen LogP contribution in [0, 0.1) is 5.41 Å². The number of rotatable bonds is 14. The third-order valence-corrected chi connectivity index (χ3v) is 5.57. The van der Waals surface area contributed by atoms with E-state index in [1.807, 2.05) is 0 Å². The molecule has 8 nitrogen and oxygen atoms in total. The van der Waals surface area contributed by atoms with Gasteiger partial charge in [0.2, 0.25) is 0 Å². The quantitative estimate of drug-likeness (QED) is 0.298. The van der Waals surface area contributed by atoms with Gasteiger partial charge in [0.15, 0.2) is 11.6 Å². The van der Waals surface area contributed by atoms with E-state index in [-0.39, 0.29) is 51.2 Å². The van der Waals surface area contributed by atoms with Crippen molar-refractivity contribution in [3.05, 3.63) is 70.8 Å². The number of ether oxygens (including phenoxy) is 2. The van der Waals surface area contributed by atoms with E-state index in [4.69, 9.17) is 9.47 Å². The summed E-state index contributed by atoms with van der Waals surface area (Å²) in [7, 11) is 0. The first-order valence-electron chi connectivity index (χ1n) is 11.4. The van der Waals surface area contributed by atoms with E-state index < -0.39 is 16.6 Å². The van der Waals surface area contributed by atoms with E-state index in [9.17, 15) is 30.0 Å². The van der Waals surface area contributed by atoms with Gasteiger partial charge in [-0.3, -0.25) is 9.59 Å². The zero-order chi connectivity index (χ0) is 26.3. The largest absolute Gasteiger partial charge is 0.396 e. The second kappa shape index (κ2) is 12.0. The fraction of sp³-hybridized carbons (Fsp3) is 0.481. The summed E-state index contributed by atoms with van der Waals surface area (Å²) in [5.41, 5.74) is -1.52. The molecule has 2 aromatic carbocycles. The van der Waals surface area contributed by atoms with Crippen molar-refractivity contribution in [1.82, 2.24) is 0 Å². The van der Waals surface area contributed by atoms with Crippen LogP contribution in [-0.4, -0.2) is 69.6 Å². The van der Waals surface area contributed by atoms with Crippen molar-refractivity contribution in [2.45, 2.75) is 52.1 Å². The molecular weight excluding hydrogens is 452 g/mol. The smallest absolute Gasteiger partial charge is 0.193 e. The topological polar surface area (TPSA) is 134 Å². The Morgan fingerprint density at radius 3 is 1.23 bits per heavy atom. The lowest BCUT2D eigenvalue weighted by atomic mass is 9.92. The predicted molar refractivity (Wildman–Crippen MR) is 130 cm³/mol. The highest BCUT2D eigenvalue weighted by Gasteiger charge is 2.30. The molecule has 0 unspecified atom stereocenters. The molecule has 192 valence electrons. The first-order chi connectivity index (χ1) is 16.3. The Morgan fingerprint density at radius 2 is 0.971 bits per heavy atom. The molecule has 0 amide bonds. The molecule has 4 N–H and O–H groups in total. The molecular formula is C27H36O8. The molecule has 0 aromatic heterocycles. The summed E-state index contributed by atoms with van der Waals surface area (Å²) in [4.78, 5) is 24.2. The number of aliphatic hydroxyl groups is 4. The zero-order valence-corrected chi connectivity index (χ0v) is 20.8. The molecule has 2 rings (SSSR count). The summed E-state index contributed by atoms with van der Waals surface area (Å²) in [5.74, 6) is -0.750. The highest BCUT2D eigenvalue weighted by molar-refractivity contribution is 6.02. The Morgan fingerprint density at radius 1 is 0.657 bits per heavy atom. The fourth-order valence-electron chi connectivity index (χ4n) is 3.26. The second-order valence-corrected chi connectivity index (χ2v) is 9.97. The molecule has 0 aliphatic carbocycles. The first kappa shape index (κ1) is 28.8. The number of Topliss-reactive ketones (excluding diaryl/α,β-unsaturated/α-hetero) is 2. The second-order valence-electron chi connectivity index (χ2n) is 9.97. The van der Waals surface area contributed by atoms with E-state index >= 15 is 0 Å². The lowest BCUT2D eigenvalue weighted by Gasteiger charge is -2.29. The Hall–Kier alpha value is -2.46. The molecule has 0 fully saturated rings. The molecule has 0 heterocycles. The van der Waals surface area contributed by atoms with Crippen LogP contribution in [0.25, 0.3) is 0 Å². The maximum Gasteiger partial charge on any atom is 0.193 e. The summed E-state index contributed by atoms with van der Waals surface area (Å²) < 4.78 is 11.4. The summed E-state index contributed by atoms with van der Waals surface area (Å²) in [5, 5.41) is 39.4. The van der Waals surface area contributed by atoms with Crippen molar-refractivity contribution in [1.29, 1.82) is 0 Å². The highest BCUT2D eigenvalue weighted by Crippen LogP contribution is 2.20. The molecule has 8 heteroatoms. The number of benzene rings is 2. The summed E-state index contributed by atoms with van der Waals surface area (Å²) in [6.45, 7) is 5.55. The van der Waals surface area contributed by atoms with Gasteiger partial charge in [0, 0.05) is 11.1 Å². The van der Waals surface area contributed by atoms with Gasteiger partial charge in [-0.15, -0.1) is 0 Å². The van der Waals surface area contributed by atoms with Gasteiger partial charge in [-0.2, -0.15) is 0 Å². The predicted octanol–water partition coefficient (Wildman–Crippen LogP) is 2.30. The molecule has 0 radical (unpaired) electrons.